The molecule has 0 radical (unpaired) electrons. The van der Waals surface area contributed by atoms with Gasteiger partial charge in [0.25, 0.3) is 0 Å². The summed E-state index contributed by atoms with van der Waals surface area (Å²) in [4.78, 5) is 0. The number of hydrogen-bond donors (Lipinski definition) is 0. The molecule has 0 N–H and O–H groups in total. The maximum Gasteiger partial charge on any atom is 0.416 e. The van der Waals surface area contributed by atoms with E-state index in [1.807, 2.05) is 56.3 Å². The average Bonchev–Trinajstić information content (AvgIpc) is 2.93. The zero-order chi connectivity index (χ0) is 18.0. The predicted octanol–water partition coefficient (Wildman–Crippen LogP) is 7.46. The zero-order valence-electron chi connectivity index (χ0n) is 14.7. The zero-order valence-corrected chi connectivity index (χ0v) is 14.7. The Morgan fingerprint density at radius 2 is 1.56 bits per heavy atom. The smallest absolute Gasteiger partial charge is 0.166 e. The van der Waals surface area contributed by atoms with Crippen molar-refractivity contribution < 1.29 is 13.2 Å². The molecule has 0 saturated carbocycles. The number of benzene rings is 2. The highest BCUT2D eigenvalue weighted by molar-refractivity contribution is 5.96. The fourth-order valence-electron chi connectivity index (χ4n) is 3.92. The van der Waals surface area contributed by atoms with Gasteiger partial charge in [0.15, 0.2) is 0 Å². The van der Waals surface area contributed by atoms with Gasteiger partial charge in [0.05, 0.1) is 5.57 Å². The van der Waals surface area contributed by atoms with Gasteiger partial charge in [0.1, 0.15) is 0 Å². The molecule has 0 nitrogen and oxygen atoms in total. The Bertz CT molecular complexity index is 832. The number of fused-ring (bicyclic) bond motifs is 1. The molecule has 3 heteroatoms. The minimum atomic E-state index is -4.31. The Kier molecular flexibility index (Phi) is 5.03. The van der Waals surface area contributed by atoms with Gasteiger partial charge in [0.2, 0.25) is 0 Å². The molecule has 0 heterocycles. The lowest BCUT2D eigenvalue weighted by Gasteiger charge is -2.16. The van der Waals surface area contributed by atoms with Crippen LogP contribution in [0.2, 0.25) is 0 Å². The molecule has 1 aliphatic carbocycles. The minimum absolute atomic E-state index is 0.380. The van der Waals surface area contributed by atoms with E-state index in [1.54, 1.807) is 0 Å². The number of alkyl halides is 3. The number of halogens is 3. The fourth-order valence-corrected chi connectivity index (χ4v) is 3.92. The molecule has 2 aromatic carbocycles. The Hall–Kier alpha value is -2.03. The van der Waals surface area contributed by atoms with Crippen LogP contribution in [0, 0.1) is 0 Å². The number of hydrogen-bond acceptors (Lipinski definition) is 0. The molecule has 0 aliphatic heterocycles. The van der Waals surface area contributed by atoms with E-state index >= 15 is 0 Å². The van der Waals surface area contributed by atoms with Crippen LogP contribution in [0.4, 0.5) is 13.2 Å². The Balaban J connectivity index is 2.23. The van der Waals surface area contributed by atoms with Gasteiger partial charge in [-0.3, -0.25) is 0 Å². The van der Waals surface area contributed by atoms with Crippen LogP contribution < -0.4 is 0 Å². The van der Waals surface area contributed by atoms with Gasteiger partial charge in [-0.1, -0.05) is 74.7 Å². The van der Waals surface area contributed by atoms with Crippen molar-refractivity contribution >= 4 is 16.3 Å². The van der Waals surface area contributed by atoms with Crippen LogP contribution in [0.3, 0.4) is 0 Å². The number of rotatable bonds is 5. The first-order chi connectivity index (χ1) is 12.0. The predicted molar refractivity (Wildman–Crippen MR) is 98.4 cm³/mol. The molecule has 0 saturated heterocycles. The summed E-state index contributed by atoms with van der Waals surface area (Å²) < 4.78 is 42.0. The van der Waals surface area contributed by atoms with Gasteiger partial charge in [-0.2, -0.15) is 13.2 Å². The Labute approximate surface area is 147 Å². The van der Waals surface area contributed by atoms with Gasteiger partial charge in [-0.05, 0) is 46.7 Å². The quantitative estimate of drug-likeness (QED) is 0.528. The van der Waals surface area contributed by atoms with Crippen LogP contribution in [-0.4, -0.2) is 6.18 Å². The minimum Gasteiger partial charge on any atom is -0.166 e. The largest absolute Gasteiger partial charge is 0.416 e. The van der Waals surface area contributed by atoms with E-state index in [0.29, 0.717) is 24.0 Å². The summed E-state index contributed by atoms with van der Waals surface area (Å²) in [6.45, 7) is 3.97. The Morgan fingerprint density at radius 3 is 2.24 bits per heavy atom. The molecule has 0 aromatic heterocycles. The van der Waals surface area contributed by atoms with E-state index in [4.69, 9.17) is 0 Å². The molecule has 25 heavy (non-hydrogen) atoms. The third-order valence-electron chi connectivity index (χ3n) is 4.87. The van der Waals surface area contributed by atoms with Crippen molar-refractivity contribution in [2.45, 2.75) is 52.1 Å². The average molecular weight is 344 g/mol. The second-order valence-corrected chi connectivity index (χ2v) is 6.64. The van der Waals surface area contributed by atoms with Crippen molar-refractivity contribution in [2.75, 3.05) is 0 Å². The standard InChI is InChI=1S/C22H23F3/c1-3-8-16-14-20(21(22(23,24)25)18(16)9-4-2)19-13-7-11-15-10-5-6-12-17(15)19/h5-7,10-13H,3-4,8-9,14H2,1-2H3. The Morgan fingerprint density at radius 1 is 0.880 bits per heavy atom. The van der Waals surface area contributed by atoms with Gasteiger partial charge in [-0.15, -0.1) is 0 Å². The summed E-state index contributed by atoms with van der Waals surface area (Å²) >= 11 is 0. The van der Waals surface area contributed by atoms with Crippen molar-refractivity contribution in [3.8, 4) is 0 Å². The van der Waals surface area contributed by atoms with E-state index in [1.165, 1.54) is 0 Å². The maximum atomic E-state index is 14.0. The van der Waals surface area contributed by atoms with Crippen LogP contribution in [0.15, 0.2) is 59.2 Å². The molecule has 0 amide bonds. The van der Waals surface area contributed by atoms with Crippen LogP contribution >= 0.6 is 0 Å². The van der Waals surface area contributed by atoms with Gasteiger partial charge in [-0.25, -0.2) is 0 Å². The van der Waals surface area contributed by atoms with E-state index in [2.05, 4.69) is 0 Å². The summed E-state index contributed by atoms with van der Waals surface area (Å²) in [5.74, 6) is 0. The van der Waals surface area contributed by atoms with Crippen molar-refractivity contribution in [2.24, 2.45) is 0 Å². The molecule has 3 rings (SSSR count). The van der Waals surface area contributed by atoms with E-state index in [0.717, 1.165) is 41.2 Å². The summed E-state index contributed by atoms with van der Waals surface area (Å²) in [6, 6.07) is 13.3. The van der Waals surface area contributed by atoms with E-state index < -0.39 is 6.18 Å². The summed E-state index contributed by atoms with van der Waals surface area (Å²) in [5.41, 5.74) is 2.31. The molecule has 2 aromatic rings. The van der Waals surface area contributed by atoms with Crippen molar-refractivity contribution in [1.82, 2.24) is 0 Å². The lowest BCUT2D eigenvalue weighted by atomic mass is 9.93. The molecule has 0 unspecified atom stereocenters. The lowest BCUT2D eigenvalue weighted by molar-refractivity contribution is -0.0888. The highest BCUT2D eigenvalue weighted by atomic mass is 19.4. The van der Waals surface area contributed by atoms with Crippen LogP contribution in [-0.2, 0) is 0 Å². The third kappa shape index (κ3) is 3.37. The second-order valence-electron chi connectivity index (χ2n) is 6.64. The fraction of sp³-hybridized carbons (Fsp3) is 0.364. The molecule has 132 valence electrons. The summed E-state index contributed by atoms with van der Waals surface area (Å²) in [6.07, 6.45) is -1.05. The summed E-state index contributed by atoms with van der Waals surface area (Å²) in [5, 5.41) is 1.88. The molecule has 0 fully saturated rings. The molecule has 0 spiro atoms. The first-order valence-corrected chi connectivity index (χ1v) is 8.97. The molecule has 1 aliphatic rings. The van der Waals surface area contributed by atoms with E-state index in [9.17, 15) is 13.2 Å². The topological polar surface area (TPSA) is 0 Å². The molecule has 0 atom stereocenters. The van der Waals surface area contributed by atoms with Gasteiger partial charge >= 0.3 is 6.18 Å². The summed E-state index contributed by atoms with van der Waals surface area (Å²) in [7, 11) is 0. The first-order valence-electron chi connectivity index (χ1n) is 8.97. The molecular weight excluding hydrogens is 321 g/mol. The van der Waals surface area contributed by atoms with Crippen molar-refractivity contribution in [1.29, 1.82) is 0 Å². The van der Waals surface area contributed by atoms with Crippen molar-refractivity contribution in [3.05, 3.63) is 64.7 Å². The highest BCUT2D eigenvalue weighted by Crippen LogP contribution is 2.49. The van der Waals surface area contributed by atoms with Crippen LogP contribution in [0.5, 0.6) is 0 Å². The van der Waals surface area contributed by atoms with E-state index in [-0.39, 0.29) is 5.57 Å². The van der Waals surface area contributed by atoms with Crippen LogP contribution in [0.1, 0.15) is 51.5 Å². The van der Waals surface area contributed by atoms with Gasteiger partial charge in [0, 0.05) is 0 Å². The van der Waals surface area contributed by atoms with Crippen LogP contribution in [0.25, 0.3) is 16.3 Å². The second kappa shape index (κ2) is 7.07. The van der Waals surface area contributed by atoms with Gasteiger partial charge < -0.3 is 0 Å². The SMILES string of the molecule is CCCC1=C(CCC)C(C(F)(F)F)=C(c2cccc3ccccc23)C1. The first kappa shape index (κ1) is 17.8. The maximum absolute atomic E-state index is 14.0. The third-order valence-corrected chi connectivity index (χ3v) is 4.87. The molecular formula is C22H23F3. The molecule has 0 bridgehead atoms. The highest BCUT2D eigenvalue weighted by Gasteiger charge is 2.42. The lowest BCUT2D eigenvalue weighted by Crippen LogP contribution is -2.14. The van der Waals surface area contributed by atoms with Crippen molar-refractivity contribution in [3.63, 3.8) is 0 Å². The monoisotopic (exact) mass is 344 g/mol. The number of allylic oxidation sites excluding steroid dienone is 4. The normalized spacial score (nSPS) is 15.6.